The molecule has 0 saturated carbocycles. The smallest absolute Gasteiger partial charge is 0.345 e. The summed E-state index contributed by atoms with van der Waals surface area (Å²) in [4.78, 5) is 24.4. The van der Waals surface area contributed by atoms with Crippen molar-refractivity contribution in [3.63, 3.8) is 0 Å². The SMILES string of the molecule is COCCN(C(=O)N(CCCl)N=O)C(O)[C@H]1O[C@H](OCC(C)C)[C@H](O)[C@@H](O)[C@@H]1O. The van der Waals surface area contributed by atoms with Crippen LogP contribution in [-0.4, -0.2) is 113 Å². The molecule has 2 amide bonds. The highest BCUT2D eigenvalue weighted by Gasteiger charge is 2.49. The number of alkyl halides is 1. The summed E-state index contributed by atoms with van der Waals surface area (Å²) in [5.41, 5.74) is 0. The van der Waals surface area contributed by atoms with E-state index in [4.69, 9.17) is 25.8 Å². The van der Waals surface area contributed by atoms with E-state index in [1.165, 1.54) is 7.11 Å². The first-order valence-electron chi connectivity index (χ1n) is 9.15. The Bertz CT molecular complexity index is 516. The number of carbonyl (C=O) groups is 1. The molecule has 170 valence electrons. The normalized spacial score (nSPS) is 28.2. The van der Waals surface area contributed by atoms with Gasteiger partial charge in [-0.05, 0) is 5.92 Å². The van der Waals surface area contributed by atoms with Crippen molar-refractivity contribution in [2.75, 3.05) is 39.3 Å². The molecule has 0 aromatic carbocycles. The predicted molar refractivity (Wildman–Crippen MR) is 101 cm³/mol. The number of aliphatic hydroxyl groups is 4. The Morgan fingerprint density at radius 2 is 1.86 bits per heavy atom. The molecule has 1 fully saturated rings. The Morgan fingerprint density at radius 3 is 2.38 bits per heavy atom. The maximum Gasteiger partial charge on any atom is 0.345 e. The average molecular weight is 444 g/mol. The van der Waals surface area contributed by atoms with Crippen molar-refractivity contribution in [1.29, 1.82) is 0 Å². The second-order valence-corrected chi connectivity index (χ2v) is 7.32. The van der Waals surface area contributed by atoms with E-state index >= 15 is 0 Å². The van der Waals surface area contributed by atoms with Crippen LogP contribution in [0.4, 0.5) is 4.79 Å². The fourth-order valence-corrected chi connectivity index (χ4v) is 2.81. The van der Waals surface area contributed by atoms with Crippen LogP contribution in [-0.2, 0) is 14.2 Å². The molecular weight excluding hydrogens is 414 g/mol. The first-order chi connectivity index (χ1) is 13.7. The lowest BCUT2D eigenvalue weighted by Crippen LogP contribution is -2.65. The number of urea groups is 1. The van der Waals surface area contributed by atoms with Gasteiger partial charge < -0.3 is 34.6 Å². The van der Waals surface area contributed by atoms with Crippen molar-refractivity contribution in [3.05, 3.63) is 4.91 Å². The molecule has 0 aromatic rings. The number of nitrogens with zero attached hydrogens (tertiary/aromatic N) is 3. The Morgan fingerprint density at radius 1 is 1.21 bits per heavy atom. The molecular formula is C16H30ClN3O9. The number of hydrogen-bond donors (Lipinski definition) is 4. The number of nitroso groups, excluding NO2 is 1. The third-order valence-electron chi connectivity index (χ3n) is 4.21. The first-order valence-corrected chi connectivity index (χ1v) is 9.68. The highest BCUT2D eigenvalue weighted by Crippen LogP contribution is 2.26. The number of carbonyl (C=O) groups excluding carboxylic acids is 1. The highest BCUT2D eigenvalue weighted by atomic mass is 35.5. The van der Waals surface area contributed by atoms with Crippen LogP contribution in [0.3, 0.4) is 0 Å². The summed E-state index contributed by atoms with van der Waals surface area (Å²) < 4.78 is 15.8. The van der Waals surface area contributed by atoms with E-state index < -0.39 is 43.0 Å². The van der Waals surface area contributed by atoms with Gasteiger partial charge in [-0.3, -0.25) is 4.90 Å². The molecule has 1 saturated heterocycles. The lowest BCUT2D eigenvalue weighted by atomic mass is 9.97. The Kier molecular flexibility index (Phi) is 11.2. The molecule has 6 atom stereocenters. The summed E-state index contributed by atoms with van der Waals surface area (Å²) in [6.07, 6.45) is -9.74. The minimum Gasteiger partial charge on any atom is -0.387 e. The monoisotopic (exact) mass is 443 g/mol. The number of rotatable bonds is 11. The van der Waals surface area contributed by atoms with E-state index in [0.29, 0.717) is 5.01 Å². The molecule has 1 rings (SSSR count). The molecule has 1 heterocycles. The van der Waals surface area contributed by atoms with Crippen molar-refractivity contribution in [1.82, 2.24) is 9.91 Å². The van der Waals surface area contributed by atoms with Crippen LogP contribution in [0.5, 0.6) is 0 Å². The van der Waals surface area contributed by atoms with Gasteiger partial charge >= 0.3 is 6.03 Å². The molecule has 4 N–H and O–H groups in total. The minimum atomic E-state index is -1.82. The first kappa shape index (κ1) is 25.9. The maximum atomic E-state index is 12.6. The summed E-state index contributed by atoms with van der Waals surface area (Å²) in [6.45, 7) is 3.48. The zero-order chi connectivity index (χ0) is 22.1. The van der Waals surface area contributed by atoms with Gasteiger partial charge in [-0.1, -0.05) is 13.8 Å². The highest BCUT2D eigenvalue weighted by molar-refractivity contribution is 6.18. The van der Waals surface area contributed by atoms with Crippen LogP contribution >= 0.6 is 11.6 Å². The topological polar surface area (TPSA) is 162 Å². The van der Waals surface area contributed by atoms with Crippen molar-refractivity contribution in [2.45, 2.75) is 50.8 Å². The maximum absolute atomic E-state index is 12.6. The van der Waals surface area contributed by atoms with E-state index in [1.807, 2.05) is 13.8 Å². The van der Waals surface area contributed by atoms with Crippen LogP contribution in [0.25, 0.3) is 0 Å². The number of ether oxygens (including phenoxy) is 3. The lowest BCUT2D eigenvalue weighted by Gasteiger charge is -2.44. The van der Waals surface area contributed by atoms with Gasteiger partial charge in [0, 0.05) is 19.5 Å². The molecule has 0 aromatic heterocycles. The van der Waals surface area contributed by atoms with Crippen LogP contribution < -0.4 is 0 Å². The molecule has 1 aliphatic rings. The lowest BCUT2D eigenvalue weighted by molar-refractivity contribution is -0.319. The van der Waals surface area contributed by atoms with Crippen molar-refractivity contribution < 1.29 is 39.4 Å². The van der Waals surface area contributed by atoms with Gasteiger partial charge in [-0.2, -0.15) is 5.01 Å². The second kappa shape index (κ2) is 12.5. The van der Waals surface area contributed by atoms with Gasteiger partial charge in [0.2, 0.25) is 0 Å². The van der Waals surface area contributed by atoms with Gasteiger partial charge in [-0.25, -0.2) is 4.79 Å². The van der Waals surface area contributed by atoms with Crippen molar-refractivity contribution in [2.24, 2.45) is 11.2 Å². The van der Waals surface area contributed by atoms with Crippen molar-refractivity contribution in [3.8, 4) is 0 Å². The predicted octanol–water partition coefficient (Wildman–Crippen LogP) is -0.924. The molecule has 0 spiro atoms. The number of methoxy groups -OCH3 is 1. The van der Waals surface area contributed by atoms with Crippen LogP contribution in [0.15, 0.2) is 5.29 Å². The summed E-state index contributed by atoms with van der Waals surface area (Å²) in [5.74, 6) is 0.00490. The zero-order valence-electron chi connectivity index (χ0n) is 16.6. The molecule has 13 heteroatoms. The van der Waals surface area contributed by atoms with Crippen LogP contribution in [0.1, 0.15) is 13.8 Å². The molecule has 0 aliphatic carbocycles. The minimum absolute atomic E-state index is 0.0162. The van der Waals surface area contributed by atoms with Crippen LogP contribution in [0.2, 0.25) is 0 Å². The zero-order valence-corrected chi connectivity index (χ0v) is 17.4. The summed E-state index contributed by atoms with van der Waals surface area (Å²) >= 11 is 5.55. The molecule has 0 radical (unpaired) electrons. The standard InChI is InChI=1S/C16H30ClN3O9/c1-9(2)8-28-15-12(23)10(21)11(22)13(29-15)14(24)19(6-7-27-3)16(25)20(18-26)5-4-17/h9-15,21-24H,4-8H2,1-3H3/t10-,11-,12+,13-,14?,15-/m0/s1. The molecule has 29 heavy (non-hydrogen) atoms. The van der Waals surface area contributed by atoms with E-state index in [2.05, 4.69) is 5.29 Å². The van der Waals surface area contributed by atoms with E-state index in [1.54, 1.807) is 0 Å². The van der Waals surface area contributed by atoms with Gasteiger partial charge in [0.05, 0.1) is 25.0 Å². The summed E-state index contributed by atoms with van der Waals surface area (Å²) in [6, 6.07) is -0.999. The van der Waals surface area contributed by atoms with E-state index in [-0.39, 0.29) is 38.1 Å². The summed E-state index contributed by atoms with van der Waals surface area (Å²) in [5, 5.41) is 44.3. The summed E-state index contributed by atoms with van der Waals surface area (Å²) in [7, 11) is 1.37. The number of hydrogen-bond acceptors (Lipinski definition) is 10. The number of aliphatic hydroxyl groups excluding tert-OH is 4. The molecule has 12 nitrogen and oxygen atoms in total. The Balaban J connectivity index is 3.05. The molecule has 1 unspecified atom stereocenters. The van der Waals surface area contributed by atoms with E-state index in [0.717, 1.165) is 4.90 Å². The van der Waals surface area contributed by atoms with Gasteiger partial charge in [0.25, 0.3) is 0 Å². The quantitative estimate of drug-likeness (QED) is 0.137. The number of halogens is 1. The van der Waals surface area contributed by atoms with Gasteiger partial charge in [-0.15, -0.1) is 16.5 Å². The second-order valence-electron chi connectivity index (χ2n) is 6.94. The Hall–Kier alpha value is -1.12. The molecule has 0 bridgehead atoms. The number of amides is 2. The van der Waals surface area contributed by atoms with Crippen LogP contribution in [0, 0.1) is 10.8 Å². The largest absolute Gasteiger partial charge is 0.387 e. The van der Waals surface area contributed by atoms with Gasteiger partial charge in [0.1, 0.15) is 24.4 Å². The Labute approximate surface area is 173 Å². The van der Waals surface area contributed by atoms with Gasteiger partial charge in [0.15, 0.2) is 12.5 Å². The third kappa shape index (κ3) is 6.96. The fourth-order valence-electron chi connectivity index (χ4n) is 2.65. The molecule has 1 aliphatic heterocycles. The third-order valence-corrected chi connectivity index (χ3v) is 4.38. The fraction of sp³-hybridized carbons (Fsp3) is 0.938. The van der Waals surface area contributed by atoms with E-state index in [9.17, 15) is 30.1 Å². The van der Waals surface area contributed by atoms with Crippen molar-refractivity contribution >= 4 is 17.6 Å². The average Bonchev–Trinajstić information content (AvgIpc) is 2.69.